The molecule has 1 atom stereocenters. The van der Waals surface area contributed by atoms with Crippen LogP contribution in [0.3, 0.4) is 0 Å². The number of carbonyl (C=O) groups is 1. The number of hydrogen-bond donors (Lipinski definition) is 0. The largest absolute Gasteiger partial charge is 0.497 e. The van der Waals surface area contributed by atoms with E-state index in [1.165, 1.54) is 11.8 Å². The summed E-state index contributed by atoms with van der Waals surface area (Å²) in [5.41, 5.74) is 2.65. The van der Waals surface area contributed by atoms with Gasteiger partial charge in [-0.1, -0.05) is 42.1 Å². The van der Waals surface area contributed by atoms with E-state index in [0.717, 1.165) is 22.7 Å². The monoisotopic (exact) mass is 430 g/mol. The van der Waals surface area contributed by atoms with Crippen molar-refractivity contribution in [3.63, 3.8) is 0 Å². The molecule has 0 saturated carbocycles. The number of ether oxygens (including phenoxy) is 1. The van der Waals surface area contributed by atoms with E-state index in [2.05, 4.69) is 27.3 Å². The van der Waals surface area contributed by atoms with E-state index < -0.39 is 0 Å². The maximum absolute atomic E-state index is 13.0. The van der Waals surface area contributed by atoms with Gasteiger partial charge < -0.3 is 4.74 Å². The molecule has 7 heteroatoms. The van der Waals surface area contributed by atoms with Crippen LogP contribution in [0.2, 0.25) is 0 Å². The maximum atomic E-state index is 13.0. The summed E-state index contributed by atoms with van der Waals surface area (Å²) in [6.45, 7) is 2.49. The van der Waals surface area contributed by atoms with Crippen LogP contribution in [-0.2, 0) is 6.54 Å². The molecule has 31 heavy (non-hydrogen) atoms. The molecule has 6 nitrogen and oxygen atoms in total. The third kappa shape index (κ3) is 4.83. The Morgan fingerprint density at radius 1 is 1.03 bits per heavy atom. The van der Waals surface area contributed by atoms with Crippen LogP contribution in [0.15, 0.2) is 84.3 Å². The van der Waals surface area contributed by atoms with Gasteiger partial charge in [-0.2, -0.15) is 0 Å². The van der Waals surface area contributed by atoms with E-state index >= 15 is 0 Å². The van der Waals surface area contributed by atoms with Crippen molar-refractivity contribution in [2.24, 2.45) is 0 Å². The Balaban J connectivity index is 1.62. The molecule has 0 fully saturated rings. The zero-order chi connectivity index (χ0) is 21.6. The van der Waals surface area contributed by atoms with E-state index in [0.29, 0.717) is 17.3 Å². The minimum Gasteiger partial charge on any atom is -0.497 e. The first-order chi connectivity index (χ1) is 15.2. The number of carbonyl (C=O) groups excluding carboxylic acids is 1. The van der Waals surface area contributed by atoms with Crippen molar-refractivity contribution in [2.45, 2.75) is 23.9 Å². The smallest absolute Gasteiger partial charge is 0.192 e. The molecule has 0 aliphatic carbocycles. The number of benzene rings is 2. The van der Waals surface area contributed by atoms with Crippen molar-refractivity contribution in [1.82, 2.24) is 19.7 Å². The van der Waals surface area contributed by atoms with Crippen LogP contribution in [0, 0.1) is 0 Å². The lowest BCUT2D eigenvalue weighted by molar-refractivity contribution is 0.0994. The molecule has 0 unspecified atom stereocenters. The fourth-order valence-electron chi connectivity index (χ4n) is 3.19. The minimum absolute atomic E-state index is 0.0323. The zero-order valence-corrected chi connectivity index (χ0v) is 18.1. The molecule has 0 aliphatic heterocycles. The highest BCUT2D eigenvalue weighted by molar-refractivity contribution is 8.00. The van der Waals surface area contributed by atoms with Gasteiger partial charge in [-0.15, -0.1) is 10.2 Å². The van der Waals surface area contributed by atoms with Crippen LogP contribution < -0.4 is 4.74 Å². The number of aromatic nitrogens is 4. The van der Waals surface area contributed by atoms with E-state index in [4.69, 9.17) is 4.74 Å². The van der Waals surface area contributed by atoms with Gasteiger partial charge in [0.05, 0.1) is 18.9 Å². The lowest BCUT2D eigenvalue weighted by Gasteiger charge is -2.13. The predicted octanol–water partition coefficient (Wildman–Crippen LogP) is 4.76. The molecule has 0 amide bonds. The highest BCUT2D eigenvalue weighted by Crippen LogP contribution is 2.29. The first-order valence-electron chi connectivity index (χ1n) is 9.88. The molecular weight excluding hydrogens is 408 g/mol. The van der Waals surface area contributed by atoms with Gasteiger partial charge in [0.15, 0.2) is 16.8 Å². The zero-order valence-electron chi connectivity index (χ0n) is 17.3. The van der Waals surface area contributed by atoms with Gasteiger partial charge >= 0.3 is 0 Å². The van der Waals surface area contributed by atoms with Crippen molar-refractivity contribution < 1.29 is 9.53 Å². The molecule has 0 radical (unpaired) electrons. The summed E-state index contributed by atoms with van der Waals surface area (Å²) >= 11 is 1.41. The van der Waals surface area contributed by atoms with Crippen molar-refractivity contribution in [1.29, 1.82) is 0 Å². The van der Waals surface area contributed by atoms with Gasteiger partial charge in [0.2, 0.25) is 0 Å². The average Bonchev–Trinajstić information content (AvgIpc) is 3.21. The fraction of sp³-hybridized carbons (Fsp3) is 0.167. The molecule has 2 heterocycles. The lowest BCUT2D eigenvalue weighted by atomic mass is 10.1. The predicted molar refractivity (Wildman–Crippen MR) is 121 cm³/mol. The Labute approximate surface area is 185 Å². The number of thioether (sulfide) groups is 1. The second-order valence-corrected chi connectivity index (χ2v) is 8.28. The summed E-state index contributed by atoms with van der Waals surface area (Å²) in [7, 11) is 1.61. The Morgan fingerprint density at radius 3 is 2.48 bits per heavy atom. The molecule has 0 saturated heterocycles. The third-order valence-electron chi connectivity index (χ3n) is 4.85. The summed E-state index contributed by atoms with van der Waals surface area (Å²) in [5.74, 6) is 1.48. The number of Topliss-reactive ketones (excluding diaryl/α,β-unsaturated/α-hetero) is 1. The lowest BCUT2D eigenvalue weighted by Crippen LogP contribution is -2.15. The van der Waals surface area contributed by atoms with E-state index in [-0.39, 0.29) is 11.0 Å². The van der Waals surface area contributed by atoms with Crippen LogP contribution in [0.4, 0.5) is 0 Å². The van der Waals surface area contributed by atoms with Crippen molar-refractivity contribution in [3.8, 4) is 17.1 Å². The molecule has 0 bridgehead atoms. The molecular formula is C24H22N4O2S. The van der Waals surface area contributed by atoms with Crippen molar-refractivity contribution >= 4 is 17.5 Å². The Bertz CT molecular complexity index is 1150. The molecule has 0 spiro atoms. The quantitative estimate of drug-likeness (QED) is 0.296. The molecule has 4 aromatic rings. The Kier molecular flexibility index (Phi) is 6.43. The highest BCUT2D eigenvalue weighted by atomic mass is 32.2. The minimum atomic E-state index is -0.325. The number of methoxy groups -OCH3 is 1. The average molecular weight is 431 g/mol. The van der Waals surface area contributed by atoms with Crippen molar-refractivity contribution in [2.75, 3.05) is 7.11 Å². The summed E-state index contributed by atoms with van der Waals surface area (Å²) in [6.07, 6.45) is 3.50. The number of rotatable bonds is 8. The normalized spacial score (nSPS) is 11.8. The number of ketones is 1. The Hall–Kier alpha value is -3.45. The second kappa shape index (κ2) is 9.57. The molecule has 0 aliphatic rings. The van der Waals surface area contributed by atoms with E-state index in [9.17, 15) is 4.79 Å². The fourth-order valence-corrected chi connectivity index (χ4v) is 4.12. The van der Waals surface area contributed by atoms with Crippen LogP contribution in [0.5, 0.6) is 5.75 Å². The highest BCUT2D eigenvalue weighted by Gasteiger charge is 2.22. The third-order valence-corrected chi connectivity index (χ3v) is 5.93. The van der Waals surface area contributed by atoms with Crippen molar-refractivity contribution in [3.05, 3.63) is 90.3 Å². The van der Waals surface area contributed by atoms with Gasteiger partial charge in [0.25, 0.3) is 0 Å². The molecule has 2 aromatic carbocycles. The van der Waals surface area contributed by atoms with Gasteiger partial charge in [-0.05, 0) is 48.9 Å². The van der Waals surface area contributed by atoms with Gasteiger partial charge in [0.1, 0.15) is 5.75 Å². The van der Waals surface area contributed by atoms with E-state index in [1.807, 2.05) is 41.8 Å². The van der Waals surface area contributed by atoms with Crippen LogP contribution in [0.25, 0.3) is 11.4 Å². The SMILES string of the molecule is COc1ccc(C(=O)[C@H](C)Sc2nnc(-c3cccnc3)n2Cc2ccccc2)cc1. The first-order valence-corrected chi connectivity index (χ1v) is 10.8. The summed E-state index contributed by atoms with van der Waals surface area (Å²) in [6, 6.07) is 21.1. The summed E-state index contributed by atoms with van der Waals surface area (Å²) in [4.78, 5) is 17.2. The van der Waals surface area contributed by atoms with E-state index in [1.54, 1.807) is 43.8 Å². The second-order valence-electron chi connectivity index (χ2n) is 6.97. The maximum Gasteiger partial charge on any atom is 0.192 e. The van der Waals surface area contributed by atoms with Crippen LogP contribution >= 0.6 is 11.8 Å². The topological polar surface area (TPSA) is 69.9 Å². The number of nitrogens with zero attached hydrogens (tertiary/aromatic N) is 4. The summed E-state index contributed by atoms with van der Waals surface area (Å²) in [5, 5.41) is 9.19. The first kappa shape index (κ1) is 20.8. The molecule has 2 aromatic heterocycles. The summed E-state index contributed by atoms with van der Waals surface area (Å²) < 4.78 is 7.22. The Morgan fingerprint density at radius 2 is 1.81 bits per heavy atom. The number of hydrogen-bond acceptors (Lipinski definition) is 6. The number of pyridine rings is 1. The van der Waals surface area contributed by atoms with Gasteiger partial charge in [-0.3, -0.25) is 14.3 Å². The van der Waals surface area contributed by atoms with Gasteiger partial charge in [0, 0.05) is 23.5 Å². The van der Waals surface area contributed by atoms with Gasteiger partial charge in [-0.25, -0.2) is 0 Å². The molecule has 4 rings (SSSR count). The van der Waals surface area contributed by atoms with Crippen LogP contribution in [-0.4, -0.2) is 37.9 Å². The standard InChI is InChI=1S/C24H22N4O2S/c1-17(22(29)19-10-12-21(30-2)13-11-19)31-24-27-26-23(20-9-6-14-25-15-20)28(24)16-18-7-4-3-5-8-18/h3-15,17H,16H2,1-2H3/t17-/m0/s1. The van der Waals surface area contributed by atoms with Crippen LogP contribution in [0.1, 0.15) is 22.8 Å². The molecule has 0 N–H and O–H groups in total. The molecule has 156 valence electrons.